The quantitative estimate of drug-likeness (QED) is 0.772. The number of hydrogen-bond donors (Lipinski definition) is 2. The van der Waals surface area contributed by atoms with Crippen LogP contribution in [-0.4, -0.2) is 15.5 Å². The molecule has 1 N–H and O–H groups in total. The number of aliphatic hydroxyl groups is 1. The van der Waals surface area contributed by atoms with Gasteiger partial charge in [0.25, 0.3) is 0 Å². The first-order valence-electron chi connectivity index (χ1n) is 5.69. The third kappa shape index (κ3) is 5.04. The Balaban J connectivity index is 2.92. The molecule has 0 saturated heterocycles. The number of hydrogen-bond acceptors (Lipinski definition) is 2. The second kappa shape index (κ2) is 4.80. The van der Waals surface area contributed by atoms with Gasteiger partial charge in [0.05, 0.1) is 5.60 Å². The average molecular weight is 238 g/mol. The SMILES string of the molecule is CC(C)(O)Cc1ccccc1CC(C)(C)S. The molecule has 0 fully saturated rings. The highest BCUT2D eigenvalue weighted by Crippen LogP contribution is 2.24. The Morgan fingerprint density at radius 2 is 1.44 bits per heavy atom. The molecule has 0 spiro atoms. The van der Waals surface area contributed by atoms with Crippen molar-refractivity contribution in [2.24, 2.45) is 0 Å². The van der Waals surface area contributed by atoms with Crippen LogP contribution < -0.4 is 0 Å². The van der Waals surface area contributed by atoms with E-state index in [0.29, 0.717) is 6.42 Å². The van der Waals surface area contributed by atoms with Crippen LogP contribution in [0.3, 0.4) is 0 Å². The maximum Gasteiger partial charge on any atom is 0.0632 e. The van der Waals surface area contributed by atoms with Crippen molar-refractivity contribution in [2.75, 3.05) is 0 Å². The van der Waals surface area contributed by atoms with Gasteiger partial charge >= 0.3 is 0 Å². The van der Waals surface area contributed by atoms with Crippen LogP contribution in [0.4, 0.5) is 0 Å². The van der Waals surface area contributed by atoms with E-state index in [1.54, 1.807) is 0 Å². The third-order valence-corrected chi connectivity index (χ3v) is 2.52. The van der Waals surface area contributed by atoms with Crippen LogP contribution in [0.1, 0.15) is 38.8 Å². The van der Waals surface area contributed by atoms with E-state index in [-0.39, 0.29) is 4.75 Å². The van der Waals surface area contributed by atoms with Gasteiger partial charge in [0.2, 0.25) is 0 Å². The van der Waals surface area contributed by atoms with Gasteiger partial charge in [-0.3, -0.25) is 0 Å². The normalized spacial score (nSPS) is 12.9. The molecule has 2 heteroatoms. The highest BCUT2D eigenvalue weighted by Gasteiger charge is 2.19. The minimum atomic E-state index is -0.656. The highest BCUT2D eigenvalue weighted by molar-refractivity contribution is 7.81. The van der Waals surface area contributed by atoms with Crippen molar-refractivity contribution in [1.82, 2.24) is 0 Å². The van der Waals surface area contributed by atoms with Crippen molar-refractivity contribution in [3.8, 4) is 0 Å². The second-order valence-corrected chi connectivity index (χ2v) is 6.96. The Morgan fingerprint density at radius 3 is 1.81 bits per heavy atom. The fraction of sp³-hybridized carbons (Fsp3) is 0.571. The van der Waals surface area contributed by atoms with Crippen molar-refractivity contribution in [3.05, 3.63) is 35.4 Å². The summed E-state index contributed by atoms with van der Waals surface area (Å²) in [6.07, 6.45) is 1.61. The van der Waals surface area contributed by atoms with Crippen LogP contribution in [-0.2, 0) is 12.8 Å². The first-order valence-corrected chi connectivity index (χ1v) is 6.14. The Labute approximate surface area is 104 Å². The van der Waals surface area contributed by atoms with E-state index in [9.17, 15) is 5.11 Å². The van der Waals surface area contributed by atoms with E-state index in [2.05, 4.69) is 38.6 Å². The lowest BCUT2D eigenvalue weighted by Gasteiger charge is -2.23. The Hall–Kier alpha value is -0.470. The zero-order valence-electron chi connectivity index (χ0n) is 10.6. The molecule has 90 valence electrons. The molecule has 0 amide bonds. The van der Waals surface area contributed by atoms with Crippen LogP contribution in [0, 0.1) is 0 Å². The van der Waals surface area contributed by atoms with E-state index in [4.69, 9.17) is 0 Å². The molecule has 0 radical (unpaired) electrons. The van der Waals surface area contributed by atoms with Gasteiger partial charge in [-0.25, -0.2) is 0 Å². The molecule has 0 aromatic heterocycles. The van der Waals surface area contributed by atoms with Gasteiger partial charge in [-0.2, -0.15) is 12.6 Å². The summed E-state index contributed by atoms with van der Waals surface area (Å²) in [6, 6.07) is 8.28. The van der Waals surface area contributed by atoms with Crippen molar-refractivity contribution in [2.45, 2.75) is 50.9 Å². The first kappa shape index (κ1) is 13.6. The van der Waals surface area contributed by atoms with Crippen molar-refractivity contribution in [3.63, 3.8) is 0 Å². The Kier molecular flexibility index (Phi) is 4.08. The Bertz CT molecular complexity index is 309. The summed E-state index contributed by atoms with van der Waals surface area (Å²) in [5.74, 6) is 0. The molecule has 0 unspecified atom stereocenters. The van der Waals surface area contributed by atoms with Gasteiger partial charge in [0.1, 0.15) is 0 Å². The molecule has 1 rings (SSSR count). The van der Waals surface area contributed by atoms with Gasteiger partial charge in [-0.05, 0) is 31.4 Å². The summed E-state index contributed by atoms with van der Waals surface area (Å²) in [5.41, 5.74) is 1.85. The largest absolute Gasteiger partial charge is 0.390 e. The lowest BCUT2D eigenvalue weighted by atomic mass is 9.91. The molecule has 0 aliphatic carbocycles. The van der Waals surface area contributed by atoms with Crippen molar-refractivity contribution in [1.29, 1.82) is 0 Å². The Morgan fingerprint density at radius 1 is 1.00 bits per heavy atom. The van der Waals surface area contributed by atoms with Gasteiger partial charge < -0.3 is 5.11 Å². The standard InChI is InChI=1S/C14H22OS/c1-13(2,15)9-11-7-5-6-8-12(11)10-14(3,4)16/h5-8,15-16H,9-10H2,1-4H3. The lowest BCUT2D eigenvalue weighted by molar-refractivity contribution is 0.0807. The summed E-state index contributed by atoms with van der Waals surface area (Å²) in [6.45, 7) is 7.90. The third-order valence-electron chi connectivity index (χ3n) is 2.36. The molecule has 0 saturated carbocycles. The lowest BCUT2D eigenvalue weighted by Crippen LogP contribution is -2.24. The molecule has 0 bridgehead atoms. The van der Waals surface area contributed by atoms with E-state index < -0.39 is 5.60 Å². The van der Waals surface area contributed by atoms with Crippen molar-refractivity contribution < 1.29 is 5.11 Å². The van der Waals surface area contributed by atoms with E-state index in [0.717, 1.165) is 6.42 Å². The molecule has 1 nitrogen and oxygen atoms in total. The molecular weight excluding hydrogens is 216 g/mol. The highest BCUT2D eigenvalue weighted by atomic mass is 32.1. The van der Waals surface area contributed by atoms with Crippen LogP contribution >= 0.6 is 12.6 Å². The predicted octanol–water partition coefficient (Wildman–Crippen LogP) is 3.25. The van der Waals surface area contributed by atoms with Crippen LogP contribution in [0.2, 0.25) is 0 Å². The maximum absolute atomic E-state index is 9.87. The van der Waals surface area contributed by atoms with Gasteiger partial charge in [0.15, 0.2) is 0 Å². The van der Waals surface area contributed by atoms with E-state index in [1.165, 1.54) is 11.1 Å². The molecule has 0 atom stereocenters. The summed E-state index contributed by atoms with van der Waals surface area (Å²) in [5, 5.41) is 9.87. The summed E-state index contributed by atoms with van der Waals surface area (Å²) in [4.78, 5) is 0. The van der Waals surface area contributed by atoms with Crippen LogP contribution in [0.5, 0.6) is 0 Å². The molecule has 0 heterocycles. The fourth-order valence-electron chi connectivity index (χ4n) is 1.83. The zero-order valence-corrected chi connectivity index (χ0v) is 11.5. The van der Waals surface area contributed by atoms with Gasteiger partial charge in [-0.15, -0.1) is 0 Å². The maximum atomic E-state index is 9.87. The van der Waals surface area contributed by atoms with Crippen LogP contribution in [0.15, 0.2) is 24.3 Å². The average Bonchev–Trinajstić information content (AvgIpc) is 2.03. The molecule has 1 aromatic rings. The number of benzene rings is 1. The van der Waals surface area contributed by atoms with E-state index >= 15 is 0 Å². The smallest absolute Gasteiger partial charge is 0.0632 e. The first-order chi connectivity index (χ1) is 7.17. The van der Waals surface area contributed by atoms with Crippen LogP contribution in [0.25, 0.3) is 0 Å². The molecular formula is C14H22OS. The zero-order chi connectivity index (χ0) is 12.4. The van der Waals surface area contributed by atoms with Gasteiger partial charge in [0, 0.05) is 11.2 Å². The molecule has 0 aliphatic rings. The minimum Gasteiger partial charge on any atom is -0.390 e. The monoisotopic (exact) mass is 238 g/mol. The topological polar surface area (TPSA) is 20.2 Å². The predicted molar refractivity (Wildman–Crippen MR) is 73.2 cm³/mol. The minimum absolute atomic E-state index is 0.0182. The number of rotatable bonds is 4. The fourth-order valence-corrected chi connectivity index (χ4v) is 2.00. The van der Waals surface area contributed by atoms with Crippen molar-refractivity contribution >= 4 is 12.6 Å². The molecule has 1 aromatic carbocycles. The summed E-state index contributed by atoms with van der Waals surface area (Å²) >= 11 is 4.56. The van der Waals surface area contributed by atoms with Gasteiger partial charge in [-0.1, -0.05) is 38.1 Å². The summed E-state index contributed by atoms with van der Waals surface area (Å²) in [7, 11) is 0. The second-order valence-electron chi connectivity index (χ2n) is 5.75. The summed E-state index contributed by atoms with van der Waals surface area (Å²) < 4.78 is -0.0182. The molecule has 0 aliphatic heterocycles. The molecule has 16 heavy (non-hydrogen) atoms. The van der Waals surface area contributed by atoms with E-state index in [1.807, 2.05) is 26.0 Å². The number of thiol groups is 1.